The Hall–Kier alpha value is -2.42. The van der Waals surface area contributed by atoms with Crippen LogP contribution in [0.15, 0.2) is 53.4 Å². The summed E-state index contributed by atoms with van der Waals surface area (Å²) in [6.45, 7) is 4.90. The maximum absolute atomic E-state index is 13.5. The lowest BCUT2D eigenvalue weighted by atomic mass is 9.99. The van der Waals surface area contributed by atoms with E-state index in [1.54, 1.807) is 50.2 Å². The highest BCUT2D eigenvalue weighted by Crippen LogP contribution is 2.59. The fraction of sp³-hybridized carbons (Fsp3) is 0.333. The van der Waals surface area contributed by atoms with E-state index in [2.05, 4.69) is 0 Å². The van der Waals surface area contributed by atoms with Crippen molar-refractivity contribution in [3.8, 4) is 0 Å². The fourth-order valence-electron chi connectivity index (χ4n) is 3.44. The fourth-order valence-corrected chi connectivity index (χ4v) is 5.51. The van der Waals surface area contributed by atoms with Crippen LogP contribution in [0.5, 0.6) is 0 Å². The van der Waals surface area contributed by atoms with E-state index >= 15 is 0 Å². The number of rotatable bonds is 7. The maximum Gasteiger partial charge on any atom is 0.341 e. The lowest BCUT2D eigenvalue weighted by Gasteiger charge is -2.15. The molecule has 2 aromatic rings. The molecular weight excluding hydrogens is 430 g/mol. The van der Waals surface area contributed by atoms with Crippen molar-refractivity contribution in [2.24, 2.45) is 0 Å². The van der Waals surface area contributed by atoms with Gasteiger partial charge in [-0.2, -0.15) is 4.31 Å². The molecule has 30 heavy (non-hydrogen) atoms. The van der Waals surface area contributed by atoms with Gasteiger partial charge >= 0.3 is 11.9 Å². The van der Waals surface area contributed by atoms with E-state index in [4.69, 9.17) is 21.1 Å². The largest absolute Gasteiger partial charge is 0.464 e. The van der Waals surface area contributed by atoms with Crippen molar-refractivity contribution in [3.63, 3.8) is 0 Å². The molecule has 2 atom stereocenters. The van der Waals surface area contributed by atoms with Crippen LogP contribution < -0.4 is 0 Å². The van der Waals surface area contributed by atoms with Crippen LogP contribution in [0, 0.1) is 6.92 Å². The Kier molecular flexibility index (Phi) is 6.21. The van der Waals surface area contributed by atoms with Crippen molar-refractivity contribution in [1.82, 2.24) is 4.31 Å². The summed E-state index contributed by atoms with van der Waals surface area (Å²) in [6.07, 6.45) is 0. The molecule has 1 aliphatic heterocycles. The van der Waals surface area contributed by atoms with Gasteiger partial charge in [-0.1, -0.05) is 47.5 Å². The molecule has 0 N–H and O–H groups in total. The van der Waals surface area contributed by atoms with E-state index in [1.807, 2.05) is 6.92 Å². The third-order valence-corrected chi connectivity index (χ3v) is 7.09. The Morgan fingerprint density at radius 1 is 1.00 bits per heavy atom. The normalized spacial score (nSPS) is 19.7. The van der Waals surface area contributed by atoms with Crippen LogP contribution in [0.3, 0.4) is 0 Å². The van der Waals surface area contributed by atoms with Crippen LogP contribution in [0.25, 0.3) is 0 Å². The minimum absolute atomic E-state index is 0.0341. The number of carbonyl (C=O) groups excluding carboxylic acids is 2. The first kappa shape index (κ1) is 22.3. The van der Waals surface area contributed by atoms with Crippen molar-refractivity contribution in [2.45, 2.75) is 37.2 Å². The Morgan fingerprint density at radius 3 is 2.03 bits per heavy atom. The summed E-state index contributed by atoms with van der Waals surface area (Å²) >= 11 is 6.31. The van der Waals surface area contributed by atoms with Gasteiger partial charge in [-0.25, -0.2) is 18.0 Å². The van der Waals surface area contributed by atoms with Gasteiger partial charge in [0.1, 0.15) is 0 Å². The van der Waals surface area contributed by atoms with Gasteiger partial charge in [-0.3, -0.25) is 0 Å². The second-order valence-electron chi connectivity index (χ2n) is 6.75. The van der Waals surface area contributed by atoms with E-state index < -0.39 is 33.5 Å². The average Bonchev–Trinajstić information content (AvgIpc) is 3.41. The van der Waals surface area contributed by atoms with E-state index in [9.17, 15) is 18.0 Å². The molecule has 1 aliphatic rings. The van der Waals surface area contributed by atoms with E-state index in [1.165, 1.54) is 12.1 Å². The van der Waals surface area contributed by atoms with Crippen LogP contribution in [0.4, 0.5) is 0 Å². The molecule has 2 aromatic carbocycles. The number of hydrogen-bond acceptors (Lipinski definition) is 6. The molecule has 0 spiro atoms. The number of esters is 2. The molecule has 1 saturated heterocycles. The molecule has 2 unspecified atom stereocenters. The predicted octanol–water partition coefficient (Wildman–Crippen LogP) is 3.26. The van der Waals surface area contributed by atoms with Crippen LogP contribution >= 0.6 is 11.6 Å². The number of benzene rings is 2. The molecule has 160 valence electrons. The smallest absolute Gasteiger partial charge is 0.341 e. The van der Waals surface area contributed by atoms with Gasteiger partial charge in [0, 0.05) is 5.02 Å². The van der Waals surface area contributed by atoms with Crippen LogP contribution in [-0.2, 0) is 29.1 Å². The second kappa shape index (κ2) is 8.37. The highest BCUT2D eigenvalue weighted by Gasteiger charge is 2.81. The Balaban J connectivity index is 2.23. The van der Waals surface area contributed by atoms with Crippen molar-refractivity contribution in [3.05, 3.63) is 64.7 Å². The number of ether oxygens (including phenoxy) is 2. The molecule has 0 aromatic heterocycles. The Morgan fingerprint density at radius 2 is 1.53 bits per heavy atom. The molecule has 0 amide bonds. The van der Waals surface area contributed by atoms with E-state index in [-0.39, 0.29) is 23.1 Å². The summed E-state index contributed by atoms with van der Waals surface area (Å²) in [5.41, 5.74) is -0.999. The summed E-state index contributed by atoms with van der Waals surface area (Å²) in [6, 6.07) is 11.4. The molecular formula is C21H22ClNO6S. The van der Waals surface area contributed by atoms with Crippen LogP contribution in [0.2, 0.25) is 5.02 Å². The lowest BCUT2D eigenvalue weighted by Crippen LogP contribution is -2.43. The highest BCUT2D eigenvalue weighted by molar-refractivity contribution is 7.89. The van der Waals surface area contributed by atoms with Crippen molar-refractivity contribution >= 4 is 33.6 Å². The third kappa shape index (κ3) is 3.49. The number of carbonyl (C=O) groups is 2. The summed E-state index contributed by atoms with van der Waals surface area (Å²) in [5.74, 6) is -1.99. The molecule has 0 radical (unpaired) electrons. The number of nitrogens with zero attached hydrogens (tertiary/aromatic N) is 1. The third-order valence-electron chi connectivity index (χ3n) is 4.86. The predicted molar refractivity (Wildman–Crippen MR) is 110 cm³/mol. The minimum Gasteiger partial charge on any atom is -0.464 e. The molecule has 0 bridgehead atoms. The van der Waals surface area contributed by atoms with Gasteiger partial charge in [0.25, 0.3) is 5.54 Å². The molecule has 0 saturated carbocycles. The summed E-state index contributed by atoms with van der Waals surface area (Å²) in [5, 5.41) is 0.224. The second-order valence-corrected chi connectivity index (χ2v) is 8.97. The van der Waals surface area contributed by atoms with Gasteiger partial charge in [0.15, 0.2) is 0 Å². The van der Waals surface area contributed by atoms with Gasteiger partial charge < -0.3 is 9.47 Å². The zero-order valence-electron chi connectivity index (χ0n) is 16.8. The lowest BCUT2D eigenvalue weighted by molar-refractivity contribution is -0.160. The van der Waals surface area contributed by atoms with Crippen LogP contribution in [0.1, 0.15) is 31.0 Å². The maximum atomic E-state index is 13.5. The summed E-state index contributed by atoms with van der Waals surface area (Å²) in [7, 11) is -4.26. The number of hydrogen-bond donors (Lipinski definition) is 0. The molecule has 9 heteroatoms. The number of sulfonamides is 1. The van der Waals surface area contributed by atoms with E-state index in [0.717, 1.165) is 9.87 Å². The Bertz CT molecular complexity index is 1050. The Labute approximate surface area is 180 Å². The quantitative estimate of drug-likeness (QED) is 0.364. The molecule has 1 heterocycles. The zero-order chi connectivity index (χ0) is 22.1. The first-order valence-corrected chi connectivity index (χ1v) is 11.2. The summed E-state index contributed by atoms with van der Waals surface area (Å²) in [4.78, 5) is 26.0. The van der Waals surface area contributed by atoms with Gasteiger partial charge in [0.2, 0.25) is 10.0 Å². The van der Waals surface area contributed by atoms with Gasteiger partial charge in [0.05, 0.1) is 24.2 Å². The van der Waals surface area contributed by atoms with Crippen LogP contribution in [-0.4, -0.2) is 43.4 Å². The van der Waals surface area contributed by atoms with Crippen molar-refractivity contribution in [1.29, 1.82) is 0 Å². The van der Waals surface area contributed by atoms with Gasteiger partial charge in [-0.05, 0) is 44.5 Å². The summed E-state index contributed by atoms with van der Waals surface area (Å²) < 4.78 is 38.1. The molecule has 3 rings (SSSR count). The molecule has 0 aliphatic carbocycles. The minimum atomic E-state index is -4.26. The molecule has 1 fully saturated rings. The SMILES string of the molecule is CCOC(=O)C1(C(=O)OCC)C(c2ccccc2Cl)N1S(=O)(=O)c1ccc(C)cc1. The van der Waals surface area contributed by atoms with E-state index in [0.29, 0.717) is 5.56 Å². The van der Waals surface area contributed by atoms with Crippen molar-refractivity contribution < 1.29 is 27.5 Å². The number of aryl methyl sites for hydroxylation is 1. The molecule has 7 nitrogen and oxygen atoms in total. The first-order chi connectivity index (χ1) is 14.2. The monoisotopic (exact) mass is 451 g/mol. The van der Waals surface area contributed by atoms with Crippen molar-refractivity contribution in [2.75, 3.05) is 13.2 Å². The average molecular weight is 452 g/mol. The zero-order valence-corrected chi connectivity index (χ0v) is 18.4. The van der Waals surface area contributed by atoms with Gasteiger partial charge in [-0.15, -0.1) is 0 Å². The first-order valence-electron chi connectivity index (χ1n) is 9.42. The highest BCUT2D eigenvalue weighted by atomic mass is 35.5. The number of halogens is 1. The standard InChI is InChI=1S/C21H22ClNO6S/c1-4-28-19(24)21(20(25)29-5-2)18(16-8-6-7-9-17(16)22)23(21)30(26,27)15-12-10-14(3)11-13-15/h6-13,18H,4-5H2,1-3H3. The topological polar surface area (TPSA) is 89.8 Å².